The molecule has 3 atom stereocenters. The van der Waals surface area contributed by atoms with Crippen LogP contribution in [0.3, 0.4) is 0 Å². The lowest BCUT2D eigenvalue weighted by molar-refractivity contribution is -0.162. The molecule has 218 valence electrons. The van der Waals surface area contributed by atoms with Crippen molar-refractivity contribution in [3.05, 3.63) is 71.3 Å². The molecule has 0 saturated carbocycles. The van der Waals surface area contributed by atoms with Crippen LogP contribution in [-0.4, -0.2) is 48.0 Å². The average Bonchev–Trinajstić information content (AvgIpc) is 3.22. The Morgan fingerprint density at radius 3 is 2.22 bits per heavy atom. The fourth-order valence-corrected chi connectivity index (χ4v) is 4.76. The molecule has 0 radical (unpaired) electrons. The first-order chi connectivity index (χ1) is 19.5. The fourth-order valence-electron chi connectivity index (χ4n) is 4.76. The Kier molecular flexibility index (Phi) is 11.2. The molecule has 1 aliphatic heterocycles. The molecule has 41 heavy (non-hydrogen) atoms. The highest BCUT2D eigenvalue weighted by Gasteiger charge is 2.48. The minimum Gasteiger partial charge on any atom is -0.432 e. The number of benzene rings is 2. The molecule has 0 bridgehead atoms. The average molecular weight is 561 g/mol. The maximum atomic E-state index is 13.6. The van der Waals surface area contributed by atoms with Crippen molar-refractivity contribution in [2.45, 2.75) is 77.7 Å². The Bertz CT molecular complexity index is 1250. The zero-order valence-electron chi connectivity index (χ0n) is 24.3. The van der Waals surface area contributed by atoms with Gasteiger partial charge in [0.2, 0.25) is 17.6 Å². The second-order valence-corrected chi connectivity index (χ2v) is 11.2. The first kappa shape index (κ1) is 31.6. The van der Waals surface area contributed by atoms with Crippen molar-refractivity contribution in [1.82, 2.24) is 10.6 Å². The minimum absolute atomic E-state index is 0.0870. The Balaban J connectivity index is 1.78. The zero-order valence-corrected chi connectivity index (χ0v) is 24.3. The summed E-state index contributed by atoms with van der Waals surface area (Å²) in [5, 5.41) is 5.76. The number of nitrogens with one attached hydrogen (secondary N) is 2. The normalized spacial score (nSPS) is 17.3. The third-order valence-electron chi connectivity index (χ3n) is 6.79. The number of ether oxygens (including phenoxy) is 2. The molecule has 2 aromatic rings. The maximum absolute atomic E-state index is 13.6. The smallest absolute Gasteiger partial charge is 0.338 e. The van der Waals surface area contributed by atoms with Gasteiger partial charge in [0.1, 0.15) is 6.04 Å². The number of hydrogen-bond acceptors (Lipinski definition) is 6. The zero-order chi connectivity index (χ0) is 30.0. The largest absolute Gasteiger partial charge is 0.432 e. The molecule has 8 nitrogen and oxygen atoms in total. The summed E-state index contributed by atoms with van der Waals surface area (Å²) in [5.41, 5.74) is 1.87. The topological polar surface area (TPSA) is 111 Å². The lowest BCUT2D eigenvalue weighted by Crippen LogP contribution is -2.52. The Labute approximate surface area is 242 Å². The first-order valence-electron chi connectivity index (χ1n) is 14.1. The van der Waals surface area contributed by atoms with E-state index in [1.807, 2.05) is 32.0 Å². The Morgan fingerprint density at radius 2 is 1.63 bits per heavy atom. The molecule has 1 unspecified atom stereocenters. The summed E-state index contributed by atoms with van der Waals surface area (Å²) in [7, 11) is 0. The molecular formula is C33H40N2O6. The van der Waals surface area contributed by atoms with Crippen molar-refractivity contribution in [2.24, 2.45) is 11.8 Å². The second kappa shape index (κ2) is 14.6. The van der Waals surface area contributed by atoms with Crippen LogP contribution >= 0.6 is 0 Å². The summed E-state index contributed by atoms with van der Waals surface area (Å²) in [5.74, 6) is -0.796. The van der Waals surface area contributed by atoms with Crippen LogP contribution in [-0.2, 0) is 30.3 Å². The van der Waals surface area contributed by atoms with Gasteiger partial charge in [-0.1, -0.05) is 68.4 Å². The van der Waals surface area contributed by atoms with E-state index < -0.39 is 35.7 Å². The second-order valence-electron chi connectivity index (χ2n) is 11.2. The number of amides is 2. The molecule has 3 rings (SSSR count). The van der Waals surface area contributed by atoms with E-state index in [-0.39, 0.29) is 24.0 Å². The van der Waals surface area contributed by atoms with Gasteiger partial charge < -0.3 is 20.1 Å². The van der Waals surface area contributed by atoms with Crippen LogP contribution in [0.2, 0.25) is 0 Å². The number of cyclic esters (lactones) is 1. The molecule has 1 aliphatic rings. The van der Waals surface area contributed by atoms with Crippen LogP contribution in [0.5, 0.6) is 0 Å². The molecule has 2 aromatic carbocycles. The molecule has 8 heteroatoms. The van der Waals surface area contributed by atoms with Crippen molar-refractivity contribution in [3.63, 3.8) is 0 Å². The molecule has 2 N–H and O–H groups in total. The van der Waals surface area contributed by atoms with Crippen LogP contribution in [0.4, 0.5) is 0 Å². The van der Waals surface area contributed by atoms with Crippen LogP contribution in [0.15, 0.2) is 54.6 Å². The van der Waals surface area contributed by atoms with E-state index in [1.165, 1.54) is 0 Å². The molecule has 2 amide bonds. The van der Waals surface area contributed by atoms with E-state index in [1.54, 1.807) is 50.2 Å². The third-order valence-corrected chi connectivity index (χ3v) is 6.79. The number of hydrogen-bond donors (Lipinski definition) is 2. The Hall–Kier alpha value is -3.96. The first-order valence-corrected chi connectivity index (χ1v) is 14.1. The van der Waals surface area contributed by atoms with E-state index in [4.69, 9.17) is 15.9 Å². The van der Waals surface area contributed by atoms with Gasteiger partial charge in [0.15, 0.2) is 11.9 Å². The van der Waals surface area contributed by atoms with Crippen molar-refractivity contribution < 1.29 is 28.7 Å². The number of carbonyl (C=O) groups excluding carboxylic acids is 4. The quantitative estimate of drug-likeness (QED) is 0.155. The van der Waals surface area contributed by atoms with Crippen molar-refractivity contribution in [3.8, 4) is 12.3 Å². The fraction of sp³-hybridized carbons (Fsp3) is 0.455. The summed E-state index contributed by atoms with van der Waals surface area (Å²) < 4.78 is 11.1. The van der Waals surface area contributed by atoms with E-state index in [2.05, 4.69) is 16.6 Å². The molecule has 1 saturated heterocycles. The summed E-state index contributed by atoms with van der Waals surface area (Å²) in [6.07, 6.45) is 6.92. The lowest BCUT2D eigenvalue weighted by atomic mass is 9.90. The number of rotatable bonds is 14. The molecular weight excluding hydrogens is 520 g/mol. The minimum atomic E-state index is -1.13. The van der Waals surface area contributed by atoms with Gasteiger partial charge >= 0.3 is 5.97 Å². The third kappa shape index (κ3) is 9.29. The predicted molar refractivity (Wildman–Crippen MR) is 156 cm³/mol. The van der Waals surface area contributed by atoms with Gasteiger partial charge in [-0.25, -0.2) is 4.79 Å². The molecule has 1 fully saturated rings. The number of terminal acetylenes is 1. The monoisotopic (exact) mass is 560 g/mol. The number of ketones is 1. The van der Waals surface area contributed by atoms with Crippen LogP contribution in [0, 0.1) is 24.2 Å². The SMILES string of the molecule is C#CCCCCNC(=O)[C@H](Cc1ccc(C(=O)c2ccccc2)cc1)NC(=O)[C@H](CC(C)C)C1OC(C)(C)OC1=O. The highest BCUT2D eigenvalue weighted by Crippen LogP contribution is 2.31. The highest BCUT2D eigenvalue weighted by atomic mass is 16.8. The van der Waals surface area contributed by atoms with Gasteiger partial charge in [0, 0.05) is 44.4 Å². The number of unbranched alkanes of at least 4 members (excludes halogenated alkanes) is 2. The van der Waals surface area contributed by atoms with E-state index in [9.17, 15) is 19.2 Å². The molecule has 0 spiro atoms. The summed E-state index contributed by atoms with van der Waals surface area (Å²) in [4.78, 5) is 52.3. The van der Waals surface area contributed by atoms with Gasteiger partial charge in [0.05, 0.1) is 5.92 Å². The van der Waals surface area contributed by atoms with Gasteiger partial charge in [0.25, 0.3) is 0 Å². The van der Waals surface area contributed by atoms with Gasteiger partial charge in [-0.15, -0.1) is 12.3 Å². The number of esters is 1. The van der Waals surface area contributed by atoms with E-state index >= 15 is 0 Å². The molecule has 0 aliphatic carbocycles. The predicted octanol–water partition coefficient (Wildman–Crippen LogP) is 4.21. The highest BCUT2D eigenvalue weighted by molar-refractivity contribution is 6.08. The summed E-state index contributed by atoms with van der Waals surface area (Å²) >= 11 is 0. The molecule has 1 heterocycles. The lowest BCUT2D eigenvalue weighted by Gasteiger charge is -2.26. The van der Waals surface area contributed by atoms with Gasteiger partial charge in [-0.05, 0) is 30.7 Å². The molecule has 0 aromatic heterocycles. The maximum Gasteiger partial charge on any atom is 0.338 e. The van der Waals surface area contributed by atoms with Crippen molar-refractivity contribution in [1.29, 1.82) is 0 Å². The van der Waals surface area contributed by atoms with Crippen LogP contribution in [0.25, 0.3) is 0 Å². The number of carbonyl (C=O) groups is 4. The van der Waals surface area contributed by atoms with E-state index in [0.29, 0.717) is 36.9 Å². The Morgan fingerprint density at radius 1 is 0.976 bits per heavy atom. The summed E-state index contributed by atoms with van der Waals surface area (Å²) in [6, 6.07) is 15.1. The van der Waals surface area contributed by atoms with Crippen LogP contribution in [0.1, 0.15) is 74.9 Å². The summed E-state index contributed by atoms with van der Waals surface area (Å²) in [6.45, 7) is 7.56. The van der Waals surface area contributed by atoms with Crippen molar-refractivity contribution in [2.75, 3.05) is 6.54 Å². The van der Waals surface area contributed by atoms with Crippen molar-refractivity contribution >= 4 is 23.6 Å². The van der Waals surface area contributed by atoms with Crippen LogP contribution < -0.4 is 10.6 Å². The standard InChI is InChI=1S/C33H40N2O6/c1-6-7-8-12-19-34-31(38)27(21-23-15-17-25(18-16-23)28(36)24-13-10-9-11-14-24)35-30(37)26(20-22(2)3)29-32(39)41-33(4,5)40-29/h1,9-11,13-18,22,26-27,29H,7-8,12,19-21H2,2-5H3,(H,34,38)(H,35,37)/t26-,27+,29?/m1/s1. The van der Waals surface area contributed by atoms with Gasteiger partial charge in [-0.3, -0.25) is 14.4 Å². The van der Waals surface area contributed by atoms with Gasteiger partial charge in [-0.2, -0.15) is 0 Å². The van der Waals surface area contributed by atoms with E-state index in [0.717, 1.165) is 12.0 Å².